The van der Waals surface area contributed by atoms with Crippen LogP contribution in [0, 0.1) is 20.2 Å². The number of anilines is 1. The van der Waals surface area contributed by atoms with Crippen LogP contribution in [-0.4, -0.2) is 15.6 Å². The van der Waals surface area contributed by atoms with Crippen LogP contribution >= 0.6 is 0 Å². The third kappa shape index (κ3) is 4.35. The highest BCUT2D eigenvalue weighted by Crippen LogP contribution is 2.29. The molecule has 0 unspecified atom stereocenters. The second-order valence-electron chi connectivity index (χ2n) is 5.02. The number of hydrogen-bond acceptors (Lipinski definition) is 6. The normalized spacial score (nSPS) is 11.1. The minimum atomic E-state index is -0.674. The fourth-order valence-corrected chi connectivity index (χ4v) is 2.09. The van der Waals surface area contributed by atoms with Gasteiger partial charge in [-0.3, -0.25) is 25.7 Å². The predicted octanol–water partition coefficient (Wildman–Crippen LogP) is 3.92. The number of non-ortho nitro benzene ring substituents is 1. The summed E-state index contributed by atoms with van der Waals surface area (Å²) in [6.45, 7) is 1.94. The summed E-state index contributed by atoms with van der Waals surface area (Å²) < 4.78 is 0. The van der Waals surface area contributed by atoms with E-state index in [0.29, 0.717) is 12.8 Å². The average Bonchev–Trinajstić information content (AvgIpc) is 2.59. The summed E-state index contributed by atoms with van der Waals surface area (Å²) >= 11 is 0. The van der Waals surface area contributed by atoms with Crippen molar-refractivity contribution in [2.24, 2.45) is 5.10 Å². The Balaban J connectivity index is 2.22. The smallest absolute Gasteiger partial charge is 0.272 e. The summed E-state index contributed by atoms with van der Waals surface area (Å²) in [5, 5.41) is 26.1. The molecule has 0 spiro atoms. The Hall–Kier alpha value is -3.29. The Bertz CT molecular complexity index is 775. The summed E-state index contributed by atoms with van der Waals surface area (Å²) in [6.07, 6.45) is 1.29. The number of benzene rings is 2. The minimum absolute atomic E-state index is 0.115. The topological polar surface area (TPSA) is 111 Å². The number of nitro groups is 2. The lowest BCUT2D eigenvalue weighted by Gasteiger charge is -2.06. The molecule has 2 aromatic carbocycles. The average molecular weight is 328 g/mol. The van der Waals surface area contributed by atoms with Crippen LogP contribution in [0.4, 0.5) is 17.1 Å². The van der Waals surface area contributed by atoms with Gasteiger partial charge >= 0.3 is 5.69 Å². The van der Waals surface area contributed by atoms with Gasteiger partial charge in [0.2, 0.25) is 0 Å². The molecule has 0 aromatic heterocycles. The Morgan fingerprint density at radius 2 is 1.79 bits per heavy atom. The largest absolute Gasteiger partial charge is 0.301 e. The molecular formula is C16H16N4O4. The molecule has 0 atom stereocenters. The fraction of sp³-hybridized carbons (Fsp3) is 0.188. The van der Waals surface area contributed by atoms with Crippen molar-refractivity contribution in [2.75, 3.05) is 5.43 Å². The highest BCUT2D eigenvalue weighted by molar-refractivity contribution is 5.87. The SMILES string of the molecule is CC/C(Cc1ccccc1)=N/Nc1ccc([N+](=O)[O-])cc1[N+](=O)[O-]. The van der Waals surface area contributed by atoms with Crippen LogP contribution in [0.1, 0.15) is 18.9 Å². The Labute approximate surface area is 138 Å². The molecule has 0 saturated carbocycles. The summed E-state index contributed by atoms with van der Waals surface area (Å²) in [6, 6.07) is 13.1. The van der Waals surface area contributed by atoms with Crippen LogP contribution in [-0.2, 0) is 6.42 Å². The Kier molecular flexibility index (Phi) is 5.56. The van der Waals surface area contributed by atoms with Crippen molar-refractivity contribution in [3.8, 4) is 0 Å². The summed E-state index contributed by atoms with van der Waals surface area (Å²) in [7, 11) is 0. The lowest BCUT2D eigenvalue weighted by molar-refractivity contribution is -0.393. The van der Waals surface area contributed by atoms with E-state index in [2.05, 4.69) is 10.5 Å². The molecule has 8 nitrogen and oxygen atoms in total. The van der Waals surface area contributed by atoms with Crippen LogP contribution < -0.4 is 5.43 Å². The van der Waals surface area contributed by atoms with Crippen molar-refractivity contribution in [3.63, 3.8) is 0 Å². The quantitative estimate of drug-likeness (QED) is 0.470. The zero-order valence-electron chi connectivity index (χ0n) is 13.0. The van der Waals surface area contributed by atoms with Crippen LogP contribution in [0.15, 0.2) is 53.6 Å². The van der Waals surface area contributed by atoms with E-state index in [1.165, 1.54) is 12.1 Å². The zero-order chi connectivity index (χ0) is 17.5. The van der Waals surface area contributed by atoms with Crippen molar-refractivity contribution in [1.82, 2.24) is 0 Å². The molecule has 0 saturated heterocycles. The maximum atomic E-state index is 11.1. The van der Waals surface area contributed by atoms with E-state index in [1.54, 1.807) is 0 Å². The summed E-state index contributed by atoms with van der Waals surface area (Å²) in [5.41, 5.74) is 3.94. The lowest BCUT2D eigenvalue weighted by Crippen LogP contribution is -2.06. The van der Waals surface area contributed by atoms with Crippen LogP contribution in [0.25, 0.3) is 0 Å². The predicted molar refractivity (Wildman–Crippen MR) is 91.2 cm³/mol. The third-order valence-corrected chi connectivity index (χ3v) is 3.38. The first kappa shape index (κ1) is 17.1. The number of rotatable bonds is 7. The number of nitrogens with one attached hydrogen (secondary N) is 1. The van der Waals surface area contributed by atoms with E-state index in [0.717, 1.165) is 17.3 Å². The minimum Gasteiger partial charge on any atom is -0.272 e. The highest BCUT2D eigenvalue weighted by atomic mass is 16.6. The monoisotopic (exact) mass is 328 g/mol. The molecule has 2 aromatic rings. The molecule has 2 rings (SSSR count). The van der Waals surface area contributed by atoms with E-state index in [1.807, 2.05) is 37.3 Å². The number of hydrazone groups is 1. The van der Waals surface area contributed by atoms with Crippen molar-refractivity contribution < 1.29 is 9.85 Å². The second-order valence-corrected chi connectivity index (χ2v) is 5.02. The van der Waals surface area contributed by atoms with E-state index in [-0.39, 0.29) is 17.1 Å². The zero-order valence-corrected chi connectivity index (χ0v) is 13.0. The molecule has 0 aliphatic carbocycles. The lowest BCUT2D eigenvalue weighted by atomic mass is 10.1. The van der Waals surface area contributed by atoms with Crippen LogP contribution in [0.5, 0.6) is 0 Å². The highest BCUT2D eigenvalue weighted by Gasteiger charge is 2.19. The van der Waals surface area contributed by atoms with Gasteiger partial charge in [-0.2, -0.15) is 5.10 Å². The van der Waals surface area contributed by atoms with Crippen molar-refractivity contribution >= 4 is 22.8 Å². The van der Waals surface area contributed by atoms with E-state index < -0.39 is 9.85 Å². The molecular weight excluding hydrogens is 312 g/mol. The van der Waals surface area contributed by atoms with Crippen LogP contribution in [0.3, 0.4) is 0 Å². The summed E-state index contributed by atoms with van der Waals surface area (Å²) in [4.78, 5) is 20.5. The Morgan fingerprint density at radius 3 is 2.38 bits per heavy atom. The van der Waals surface area contributed by atoms with Gasteiger partial charge in [0, 0.05) is 18.2 Å². The second kappa shape index (κ2) is 7.82. The molecule has 124 valence electrons. The molecule has 1 N–H and O–H groups in total. The maximum Gasteiger partial charge on any atom is 0.301 e. The maximum absolute atomic E-state index is 11.1. The molecule has 0 amide bonds. The first-order chi connectivity index (χ1) is 11.5. The van der Waals surface area contributed by atoms with Gasteiger partial charge in [-0.25, -0.2) is 0 Å². The molecule has 0 aliphatic rings. The van der Waals surface area contributed by atoms with Gasteiger partial charge in [0.25, 0.3) is 5.69 Å². The van der Waals surface area contributed by atoms with Gasteiger partial charge in [-0.05, 0) is 18.1 Å². The molecule has 0 bridgehead atoms. The van der Waals surface area contributed by atoms with Gasteiger partial charge in [0.15, 0.2) is 0 Å². The molecule has 8 heteroatoms. The first-order valence-electron chi connectivity index (χ1n) is 7.29. The molecule has 24 heavy (non-hydrogen) atoms. The van der Waals surface area contributed by atoms with Gasteiger partial charge in [-0.15, -0.1) is 0 Å². The van der Waals surface area contributed by atoms with Crippen LogP contribution in [0.2, 0.25) is 0 Å². The van der Waals surface area contributed by atoms with E-state index in [9.17, 15) is 20.2 Å². The first-order valence-corrected chi connectivity index (χ1v) is 7.29. The number of nitrogens with zero attached hydrogens (tertiary/aromatic N) is 3. The van der Waals surface area contributed by atoms with Gasteiger partial charge in [-0.1, -0.05) is 37.3 Å². The molecule has 0 heterocycles. The number of hydrogen-bond donors (Lipinski definition) is 1. The number of nitro benzene ring substituents is 2. The molecule has 0 fully saturated rings. The van der Waals surface area contributed by atoms with Gasteiger partial charge < -0.3 is 0 Å². The molecule has 0 aliphatic heterocycles. The van der Waals surface area contributed by atoms with E-state index in [4.69, 9.17) is 0 Å². The van der Waals surface area contributed by atoms with Gasteiger partial charge in [0.1, 0.15) is 5.69 Å². The van der Waals surface area contributed by atoms with Crippen molar-refractivity contribution in [3.05, 3.63) is 74.3 Å². The van der Waals surface area contributed by atoms with E-state index >= 15 is 0 Å². The summed E-state index contributed by atoms with van der Waals surface area (Å²) in [5.74, 6) is 0. The Morgan fingerprint density at radius 1 is 1.08 bits per heavy atom. The standard InChI is InChI=1S/C16H16N4O4/c1-2-13(10-12-6-4-3-5-7-12)17-18-15-9-8-14(19(21)22)11-16(15)20(23)24/h3-9,11,18H,2,10H2,1H3/b17-13-. The fourth-order valence-electron chi connectivity index (χ4n) is 2.09. The van der Waals surface area contributed by atoms with Crippen molar-refractivity contribution in [2.45, 2.75) is 19.8 Å². The van der Waals surface area contributed by atoms with Gasteiger partial charge in [0.05, 0.1) is 15.9 Å². The van der Waals surface area contributed by atoms with Crippen molar-refractivity contribution in [1.29, 1.82) is 0 Å². The molecule has 0 radical (unpaired) electrons. The third-order valence-electron chi connectivity index (χ3n) is 3.38.